The van der Waals surface area contributed by atoms with Gasteiger partial charge in [-0.3, -0.25) is 0 Å². The van der Waals surface area contributed by atoms with E-state index in [9.17, 15) is 13.2 Å². The highest BCUT2D eigenvalue weighted by molar-refractivity contribution is 5.37. The van der Waals surface area contributed by atoms with Crippen molar-refractivity contribution in [1.82, 2.24) is 0 Å². The minimum Gasteiger partial charge on any atom is -0.493 e. The molecule has 1 aromatic rings. The normalized spacial score (nSPS) is 9.92. The number of methoxy groups -OCH3 is 2. The van der Waals surface area contributed by atoms with Gasteiger partial charge in [-0.05, 0) is 0 Å². The van der Waals surface area contributed by atoms with E-state index in [4.69, 9.17) is 0 Å². The van der Waals surface area contributed by atoms with Gasteiger partial charge in [0.15, 0.2) is 17.3 Å². The summed E-state index contributed by atoms with van der Waals surface area (Å²) in [6, 6.07) is 0.618. The molecule has 0 aliphatic rings. The van der Waals surface area contributed by atoms with Crippen molar-refractivity contribution in [2.75, 3.05) is 14.2 Å². The van der Waals surface area contributed by atoms with Crippen LogP contribution in [0.4, 0.5) is 13.2 Å². The molecule has 0 aliphatic heterocycles. The molecule has 2 nitrogen and oxygen atoms in total. The first kappa shape index (κ1) is 9.70. The number of hydrogen-bond acceptors (Lipinski definition) is 2. The fourth-order valence-corrected chi connectivity index (χ4v) is 0.886. The summed E-state index contributed by atoms with van der Waals surface area (Å²) < 4.78 is 47.3. The third-order valence-electron chi connectivity index (χ3n) is 1.51. The zero-order valence-corrected chi connectivity index (χ0v) is 7.03. The van der Waals surface area contributed by atoms with E-state index in [1.54, 1.807) is 0 Å². The highest BCUT2D eigenvalue weighted by Gasteiger charge is 2.19. The molecule has 0 aromatic heterocycles. The predicted octanol–water partition coefficient (Wildman–Crippen LogP) is 2.12. The summed E-state index contributed by atoms with van der Waals surface area (Å²) in [7, 11) is 2.19. The van der Waals surface area contributed by atoms with Crippen molar-refractivity contribution >= 4 is 0 Å². The van der Waals surface area contributed by atoms with Crippen LogP contribution in [-0.2, 0) is 0 Å². The molecule has 0 radical (unpaired) electrons. The molecule has 72 valence electrons. The van der Waals surface area contributed by atoms with Crippen molar-refractivity contribution in [3.63, 3.8) is 0 Å². The monoisotopic (exact) mass is 192 g/mol. The van der Waals surface area contributed by atoms with Crippen LogP contribution in [0.3, 0.4) is 0 Å². The minimum absolute atomic E-state index is 0.393. The third kappa shape index (κ3) is 1.54. The number of hydrogen-bond donors (Lipinski definition) is 0. The average molecular weight is 192 g/mol. The summed E-state index contributed by atoms with van der Waals surface area (Å²) in [6.07, 6.45) is 0. The van der Waals surface area contributed by atoms with Gasteiger partial charge in [-0.2, -0.15) is 8.78 Å². The zero-order chi connectivity index (χ0) is 10.0. The standard InChI is InChI=1S/C8H7F3O2/c1-12-5-3-4(9)6(10)8(13-2)7(5)11/h3H,1-2H3. The molecule has 0 unspecified atom stereocenters. The number of halogens is 3. The van der Waals surface area contributed by atoms with E-state index in [1.165, 1.54) is 0 Å². The Bertz CT molecular complexity index is 326. The number of benzene rings is 1. The van der Waals surface area contributed by atoms with Gasteiger partial charge in [0.25, 0.3) is 0 Å². The van der Waals surface area contributed by atoms with Crippen molar-refractivity contribution in [3.05, 3.63) is 23.5 Å². The second kappa shape index (κ2) is 3.55. The minimum atomic E-state index is -1.36. The SMILES string of the molecule is COc1cc(F)c(F)c(OC)c1F. The molecular formula is C8H7F3O2. The summed E-state index contributed by atoms with van der Waals surface area (Å²) in [6.45, 7) is 0. The molecule has 0 fully saturated rings. The van der Waals surface area contributed by atoms with Gasteiger partial charge >= 0.3 is 0 Å². The highest BCUT2D eigenvalue weighted by Crippen LogP contribution is 2.31. The molecule has 13 heavy (non-hydrogen) atoms. The molecule has 0 bridgehead atoms. The summed E-state index contributed by atoms with van der Waals surface area (Å²) in [4.78, 5) is 0. The maximum atomic E-state index is 13.1. The van der Waals surface area contributed by atoms with E-state index >= 15 is 0 Å². The van der Waals surface area contributed by atoms with Gasteiger partial charge in [0.1, 0.15) is 0 Å². The summed E-state index contributed by atoms with van der Waals surface area (Å²) in [5, 5.41) is 0. The van der Waals surface area contributed by atoms with Crippen molar-refractivity contribution in [3.8, 4) is 11.5 Å². The van der Waals surface area contributed by atoms with Gasteiger partial charge in [-0.15, -0.1) is 0 Å². The van der Waals surface area contributed by atoms with Gasteiger partial charge in [0, 0.05) is 6.07 Å². The number of ether oxygens (including phenoxy) is 2. The summed E-state index contributed by atoms with van der Waals surface area (Å²) >= 11 is 0. The van der Waals surface area contributed by atoms with Crippen LogP contribution in [0.2, 0.25) is 0 Å². The quantitative estimate of drug-likeness (QED) is 0.668. The van der Waals surface area contributed by atoms with Crippen molar-refractivity contribution < 1.29 is 22.6 Å². The van der Waals surface area contributed by atoms with Crippen LogP contribution in [0.1, 0.15) is 0 Å². The highest BCUT2D eigenvalue weighted by atomic mass is 19.2. The van der Waals surface area contributed by atoms with Crippen LogP contribution in [0.25, 0.3) is 0 Å². The second-order valence-electron chi connectivity index (χ2n) is 2.22. The molecular weight excluding hydrogens is 185 g/mol. The molecule has 0 saturated heterocycles. The molecule has 0 spiro atoms. The Labute approximate surface area is 72.9 Å². The molecule has 0 aliphatic carbocycles. The van der Waals surface area contributed by atoms with E-state index < -0.39 is 29.0 Å². The maximum Gasteiger partial charge on any atom is 0.210 e. The lowest BCUT2D eigenvalue weighted by atomic mass is 10.3. The van der Waals surface area contributed by atoms with Gasteiger partial charge in [-0.1, -0.05) is 0 Å². The van der Waals surface area contributed by atoms with Crippen LogP contribution < -0.4 is 9.47 Å². The molecule has 0 heterocycles. The maximum absolute atomic E-state index is 13.1. The Morgan fingerprint density at radius 1 is 1.00 bits per heavy atom. The summed E-state index contributed by atoms with van der Waals surface area (Å²) in [5.41, 5.74) is 0. The van der Waals surface area contributed by atoms with E-state index in [0.717, 1.165) is 14.2 Å². The largest absolute Gasteiger partial charge is 0.493 e. The van der Waals surface area contributed by atoms with Crippen LogP contribution >= 0.6 is 0 Å². The van der Waals surface area contributed by atoms with Gasteiger partial charge in [0.05, 0.1) is 14.2 Å². The topological polar surface area (TPSA) is 18.5 Å². The fraction of sp³-hybridized carbons (Fsp3) is 0.250. The molecule has 1 rings (SSSR count). The Kier molecular flexibility index (Phi) is 2.65. The van der Waals surface area contributed by atoms with Gasteiger partial charge < -0.3 is 9.47 Å². The van der Waals surface area contributed by atoms with E-state index in [0.29, 0.717) is 6.07 Å². The zero-order valence-electron chi connectivity index (χ0n) is 7.03. The van der Waals surface area contributed by atoms with Gasteiger partial charge in [-0.25, -0.2) is 4.39 Å². The molecule has 5 heteroatoms. The van der Waals surface area contributed by atoms with Crippen LogP contribution in [0, 0.1) is 17.5 Å². The lowest BCUT2D eigenvalue weighted by Gasteiger charge is -2.07. The Hall–Kier alpha value is -1.39. The smallest absolute Gasteiger partial charge is 0.210 e. The van der Waals surface area contributed by atoms with E-state index in [2.05, 4.69) is 9.47 Å². The van der Waals surface area contributed by atoms with Crippen LogP contribution in [0.5, 0.6) is 11.5 Å². The van der Waals surface area contributed by atoms with Crippen LogP contribution in [-0.4, -0.2) is 14.2 Å². The lowest BCUT2D eigenvalue weighted by molar-refractivity contribution is 0.321. The molecule has 0 amide bonds. The average Bonchev–Trinajstić information content (AvgIpc) is 2.12. The Morgan fingerprint density at radius 3 is 2.08 bits per heavy atom. The first-order valence-electron chi connectivity index (χ1n) is 3.37. The second-order valence-corrected chi connectivity index (χ2v) is 2.22. The van der Waals surface area contributed by atoms with Crippen molar-refractivity contribution in [1.29, 1.82) is 0 Å². The molecule has 0 atom stereocenters. The van der Waals surface area contributed by atoms with Crippen molar-refractivity contribution in [2.24, 2.45) is 0 Å². The molecule has 1 aromatic carbocycles. The van der Waals surface area contributed by atoms with E-state index in [1.807, 2.05) is 0 Å². The molecule has 0 N–H and O–H groups in total. The van der Waals surface area contributed by atoms with E-state index in [-0.39, 0.29) is 0 Å². The van der Waals surface area contributed by atoms with Crippen LogP contribution in [0.15, 0.2) is 6.07 Å². The predicted molar refractivity (Wildman–Crippen MR) is 39.4 cm³/mol. The lowest BCUT2D eigenvalue weighted by Crippen LogP contribution is -1.99. The summed E-state index contributed by atoms with van der Waals surface area (Å²) in [5.74, 6) is -4.80. The first-order chi connectivity index (χ1) is 6.11. The Balaban J connectivity index is 3.39. The Morgan fingerprint density at radius 2 is 1.62 bits per heavy atom. The first-order valence-corrected chi connectivity index (χ1v) is 3.37. The third-order valence-corrected chi connectivity index (χ3v) is 1.51. The molecule has 0 saturated carbocycles. The number of rotatable bonds is 2. The van der Waals surface area contributed by atoms with Gasteiger partial charge in [0.2, 0.25) is 11.6 Å². The fourth-order valence-electron chi connectivity index (χ4n) is 0.886. The van der Waals surface area contributed by atoms with Crippen molar-refractivity contribution in [2.45, 2.75) is 0 Å².